The first kappa shape index (κ1) is 8.33. The number of aromatic hydroxyl groups is 1. The van der Waals surface area contributed by atoms with Crippen LogP contribution >= 0.6 is 12.6 Å². The molecule has 1 aromatic carbocycles. The van der Waals surface area contributed by atoms with Crippen LogP contribution in [-0.2, 0) is 5.25 Å². The number of alkyl halides is 2. The van der Waals surface area contributed by atoms with Gasteiger partial charge in [-0.25, -0.2) is 0 Å². The molecule has 0 aromatic heterocycles. The van der Waals surface area contributed by atoms with Crippen molar-refractivity contribution < 1.29 is 13.9 Å². The van der Waals surface area contributed by atoms with Crippen molar-refractivity contribution in [3.63, 3.8) is 0 Å². The molecule has 4 heteroatoms. The standard InChI is InChI=1S/C7H6F2OS/c8-7(9,11)5-1-3-6(10)4-2-5/h1-4,10-11H. The van der Waals surface area contributed by atoms with Gasteiger partial charge in [0.05, 0.1) is 0 Å². The van der Waals surface area contributed by atoms with Gasteiger partial charge in [-0.1, -0.05) is 0 Å². The van der Waals surface area contributed by atoms with Crippen molar-refractivity contribution in [3.8, 4) is 5.75 Å². The van der Waals surface area contributed by atoms with Gasteiger partial charge in [0.15, 0.2) is 0 Å². The Hall–Kier alpha value is -0.770. The fraction of sp³-hybridized carbons (Fsp3) is 0.143. The maximum Gasteiger partial charge on any atom is 0.316 e. The number of phenols is 1. The minimum absolute atomic E-state index is 0.0358. The van der Waals surface area contributed by atoms with Crippen LogP contribution in [-0.4, -0.2) is 5.11 Å². The maximum atomic E-state index is 12.4. The number of hydrogen-bond acceptors (Lipinski definition) is 2. The lowest BCUT2D eigenvalue weighted by atomic mass is 10.2. The van der Waals surface area contributed by atoms with E-state index in [4.69, 9.17) is 5.11 Å². The highest BCUT2D eigenvalue weighted by molar-refractivity contribution is 7.81. The monoisotopic (exact) mass is 176 g/mol. The predicted molar refractivity (Wildman–Crippen MR) is 41.0 cm³/mol. The summed E-state index contributed by atoms with van der Waals surface area (Å²) in [5, 5.41) is 5.62. The van der Waals surface area contributed by atoms with E-state index in [1.807, 2.05) is 0 Å². The third kappa shape index (κ3) is 2.08. The van der Waals surface area contributed by atoms with Crippen LogP contribution in [0.3, 0.4) is 0 Å². The molecule has 0 atom stereocenters. The third-order valence-electron chi connectivity index (χ3n) is 1.21. The molecule has 0 aliphatic carbocycles. The van der Waals surface area contributed by atoms with Gasteiger partial charge < -0.3 is 5.11 Å². The number of rotatable bonds is 1. The predicted octanol–water partition coefficient (Wildman–Crippen LogP) is 2.37. The first-order chi connectivity index (χ1) is 5.00. The molecule has 0 saturated carbocycles. The van der Waals surface area contributed by atoms with Crippen molar-refractivity contribution in [2.75, 3.05) is 0 Å². The summed E-state index contributed by atoms with van der Waals surface area (Å²) in [7, 11) is 0. The molecule has 0 heterocycles. The van der Waals surface area contributed by atoms with E-state index < -0.39 is 5.25 Å². The minimum atomic E-state index is -3.13. The molecule has 11 heavy (non-hydrogen) atoms. The number of halogens is 2. The van der Waals surface area contributed by atoms with Gasteiger partial charge in [-0.05, 0) is 24.3 Å². The molecule has 1 rings (SSSR count). The minimum Gasteiger partial charge on any atom is -0.508 e. The second-order valence-corrected chi connectivity index (χ2v) is 2.65. The number of hydrogen-bond donors (Lipinski definition) is 2. The summed E-state index contributed by atoms with van der Waals surface area (Å²) in [6, 6.07) is 4.64. The molecule has 0 unspecified atom stereocenters. The van der Waals surface area contributed by atoms with E-state index in [-0.39, 0.29) is 11.3 Å². The molecule has 0 radical (unpaired) electrons. The molecular formula is C7H6F2OS. The van der Waals surface area contributed by atoms with Gasteiger partial charge in [-0.3, -0.25) is 0 Å². The molecule has 60 valence electrons. The Balaban J connectivity index is 2.99. The van der Waals surface area contributed by atoms with Crippen LogP contribution in [0.25, 0.3) is 0 Å². The van der Waals surface area contributed by atoms with Crippen molar-refractivity contribution in [3.05, 3.63) is 29.8 Å². The zero-order valence-corrected chi connectivity index (χ0v) is 6.35. The van der Waals surface area contributed by atoms with Crippen LogP contribution in [0.2, 0.25) is 0 Å². The Morgan fingerprint density at radius 3 is 2.00 bits per heavy atom. The quantitative estimate of drug-likeness (QED) is 0.629. The number of phenolic OH excluding ortho intramolecular Hbond substituents is 1. The van der Waals surface area contributed by atoms with E-state index >= 15 is 0 Å². The fourth-order valence-electron chi connectivity index (χ4n) is 0.662. The highest BCUT2D eigenvalue weighted by atomic mass is 32.1. The number of thiol groups is 1. The van der Waals surface area contributed by atoms with E-state index in [9.17, 15) is 8.78 Å². The van der Waals surface area contributed by atoms with Crippen molar-refractivity contribution >= 4 is 12.6 Å². The van der Waals surface area contributed by atoms with Crippen LogP contribution < -0.4 is 0 Å². The lowest BCUT2D eigenvalue weighted by Crippen LogP contribution is -2.02. The summed E-state index contributed by atoms with van der Waals surface area (Å²) < 4.78 is 24.7. The van der Waals surface area contributed by atoms with Crippen molar-refractivity contribution in [1.82, 2.24) is 0 Å². The highest BCUT2D eigenvalue weighted by Crippen LogP contribution is 2.32. The zero-order valence-electron chi connectivity index (χ0n) is 5.46. The van der Waals surface area contributed by atoms with E-state index in [0.29, 0.717) is 0 Å². The van der Waals surface area contributed by atoms with E-state index in [0.717, 1.165) is 12.1 Å². The summed E-state index contributed by atoms with van der Waals surface area (Å²) in [6.07, 6.45) is 0. The molecule has 1 aromatic rings. The summed E-state index contributed by atoms with van der Waals surface area (Å²) in [4.78, 5) is 0. The highest BCUT2D eigenvalue weighted by Gasteiger charge is 2.24. The maximum absolute atomic E-state index is 12.4. The molecule has 0 fully saturated rings. The van der Waals surface area contributed by atoms with Crippen molar-refractivity contribution in [2.24, 2.45) is 0 Å². The Labute approximate surface area is 68.1 Å². The average Bonchev–Trinajstić information content (AvgIpc) is 1.86. The van der Waals surface area contributed by atoms with Crippen LogP contribution in [0.4, 0.5) is 8.78 Å². The Bertz CT molecular complexity index is 240. The van der Waals surface area contributed by atoms with Crippen LogP contribution in [0, 0.1) is 0 Å². The van der Waals surface area contributed by atoms with Gasteiger partial charge in [0, 0.05) is 5.56 Å². The second-order valence-electron chi connectivity index (χ2n) is 2.09. The van der Waals surface area contributed by atoms with Gasteiger partial charge in [0.2, 0.25) is 0 Å². The van der Waals surface area contributed by atoms with Gasteiger partial charge in [0.1, 0.15) is 5.75 Å². The molecular weight excluding hydrogens is 170 g/mol. The van der Waals surface area contributed by atoms with E-state index in [1.54, 1.807) is 0 Å². The van der Waals surface area contributed by atoms with E-state index in [1.165, 1.54) is 12.1 Å². The molecule has 0 bridgehead atoms. The van der Waals surface area contributed by atoms with Crippen LogP contribution in [0.5, 0.6) is 5.75 Å². The largest absolute Gasteiger partial charge is 0.508 e. The zero-order chi connectivity index (χ0) is 8.48. The van der Waals surface area contributed by atoms with Crippen molar-refractivity contribution in [2.45, 2.75) is 5.25 Å². The SMILES string of the molecule is Oc1ccc(C(F)(F)S)cc1. The summed E-state index contributed by atoms with van der Waals surface area (Å²) in [6.45, 7) is 0. The lowest BCUT2D eigenvalue weighted by Gasteiger charge is -2.08. The molecule has 0 spiro atoms. The molecule has 0 amide bonds. The van der Waals surface area contributed by atoms with Crippen LogP contribution in [0.1, 0.15) is 5.56 Å². The molecule has 0 saturated heterocycles. The van der Waals surface area contributed by atoms with E-state index in [2.05, 4.69) is 12.6 Å². The van der Waals surface area contributed by atoms with Gasteiger partial charge >= 0.3 is 5.25 Å². The molecule has 0 aliphatic rings. The number of benzene rings is 1. The first-order valence-corrected chi connectivity index (χ1v) is 3.34. The molecule has 1 N–H and O–H groups in total. The van der Waals surface area contributed by atoms with Crippen LogP contribution in [0.15, 0.2) is 24.3 Å². The topological polar surface area (TPSA) is 20.2 Å². The Morgan fingerprint density at radius 2 is 1.64 bits per heavy atom. The summed E-state index contributed by atoms with van der Waals surface area (Å²) >= 11 is 3.06. The van der Waals surface area contributed by atoms with Gasteiger partial charge in [-0.15, -0.1) is 12.6 Å². The van der Waals surface area contributed by atoms with Gasteiger partial charge in [-0.2, -0.15) is 8.78 Å². The first-order valence-electron chi connectivity index (χ1n) is 2.90. The third-order valence-corrected chi connectivity index (χ3v) is 1.47. The van der Waals surface area contributed by atoms with Gasteiger partial charge in [0.25, 0.3) is 0 Å². The Morgan fingerprint density at radius 1 is 1.18 bits per heavy atom. The molecule has 1 nitrogen and oxygen atoms in total. The smallest absolute Gasteiger partial charge is 0.316 e. The lowest BCUT2D eigenvalue weighted by molar-refractivity contribution is 0.108. The normalized spacial score (nSPS) is 11.5. The molecule has 0 aliphatic heterocycles. The Kier molecular flexibility index (Phi) is 2.04. The summed E-state index contributed by atoms with van der Waals surface area (Å²) in [5.41, 5.74) is -0.223. The summed E-state index contributed by atoms with van der Waals surface area (Å²) in [5.74, 6) is -0.0358. The second kappa shape index (κ2) is 2.70. The average molecular weight is 176 g/mol. The fourth-order valence-corrected chi connectivity index (χ4v) is 0.811. The van der Waals surface area contributed by atoms with Crippen molar-refractivity contribution in [1.29, 1.82) is 0 Å².